The molecule has 0 heterocycles. The first-order valence-electron chi connectivity index (χ1n) is 8.48. The molecule has 0 saturated carbocycles. The number of nitrogens with zero attached hydrogens (tertiary/aromatic N) is 4. The summed E-state index contributed by atoms with van der Waals surface area (Å²) in [5.41, 5.74) is 0. The standard InChI is InChI=1S/C8H12Cl2N2Si.C8H12F2N2Si/c2*9-13(10,7-3-1-5-11)8-4-2-6-12/h2*1-4,7-8H2. The summed E-state index contributed by atoms with van der Waals surface area (Å²) >= 11 is 12.2. The van der Waals surface area contributed by atoms with Crippen LogP contribution in [0.2, 0.25) is 24.2 Å². The van der Waals surface area contributed by atoms with Gasteiger partial charge in [-0.05, 0) is 49.9 Å². The molecule has 0 aliphatic carbocycles. The summed E-state index contributed by atoms with van der Waals surface area (Å²) in [5.74, 6) is 0. The van der Waals surface area contributed by atoms with Crippen molar-refractivity contribution in [3.8, 4) is 24.3 Å². The second-order valence-electron chi connectivity index (χ2n) is 5.76. The topological polar surface area (TPSA) is 95.2 Å². The lowest BCUT2D eigenvalue weighted by molar-refractivity contribution is 0.571. The molecule has 0 atom stereocenters. The number of unbranched alkanes of at least 4 members (excludes halogenated alkanes) is 4. The average Bonchev–Trinajstić information content (AvgIpc) is 2.56. The van der Waals surface area contributed by atoms with Crippen molar-refractivity contribution in [2.75, 3.05) is 0 Å². The zero-order chi connectivity index (χ0) is 20.3. The van der Waals surface area contributed by atoms with Gasteiger partial charge >= 0.3 is 8.74 Å². The number of hydrogen-bond donors (Lipinski definition) is 0. The van der Waals surface area contributed by atoms with E-state index in [0.717, 1.165) is 24.9 Å². The van der Waals surface area contributed by atoms with E-state index in [2.05, 4.69) is 12.1 Å². The van der Waals surface area contributed by atoms with Crippen LogP contribution in [0.4, 0.5) is 8.22 Å². The summed E-state index contributed by atoms with van der Waals surface area (Å²) in [4.78, 5) is 0. The first-order valence-corrected chi connectivity index (χ1v) is 15.1. The Morgan fingerprint density at radius 1 is 0.577 bits per heavy atom. The van der Waals surface area contributed by atoms with Crippen molar-refractivity contribution in [1.29, 1.82) is 21.0 Å². The lowest BCUT2D eigenvalue weighted by Gasteiger charge is -2.14. The van der Waals surface area contributed by atoms with Gasteiger partial charge in [-0.25, -0.2) is 0 Å². The molecule has 0 aromatic rings. The molecule has 0 aromatic heterocycles. The van der Waals surface area contributed by atoms with Gasteiger partial charge in [-0.3, -0.25) is 8.22 Å². The second kappa shape index (κ2) is 17.3. The summed E-state index contributed by atoms with van der Waals surface area (Å²) in [6.45, 7) is -2.14. The van der Waals surface area contributed by atoms with Gasteiger partial charge in [0.2, 0.25) is 0 Å². The predicted octanol–water partition coefficient (Wildman–Crippen LogP) is 6.49. The van der Waals surface area contributed by atoms with Gasteiger partial charge < -0.3 is 0 Å². The Morgan fingerprint density at radius 3 is 1.12 bits per heavy atom. The van der Waals surface area contributed by atoms with Crippen LogP contribution in [-0.2, 0) is 0 Å². The molecule has 4 nitrogen and oxygen atoms in total. The van der Waals surface area contributed by atoms with Crippen molar-refractivity contribution in [2.24, 2.45) is 0 Å². The average molecular weight is 437 g/mol. The predicted molar refractivity (Wildman–Crippen MR) is 104 cm³/mol. The molecule has 26 heavy (non-hydrogen) atoms. The maximum absolute atomic E-state index is 13.0. The fraction of sp³-hybridized carbons (Fsp3) is 0.750. The third kappa shape index (κ3) is 20.9. The summed E-state index contributed by atoms with van der Waals surface area (Å²) in [6.07, 6.45) is 3.61. The molecule has 144 valence electrons. The van der Waals surface area contributed by atoms with E-state index >= 15 is 0 Å². The third-order valence-electron chi connectivity index (χ3n) is 3.32. The minimum Gasteiger partial charge on any atom is -0.270 e. The normalized spacial score (nSPS) is 10.5. The van der Waals surface area contributed by atoms with E-state index in [-0.39, 0.29) is 24.9 Å². The van der Waals surface area contributed by atoms with Crippen LogP contribution < -0.4 is 0 Å². The fourth-order valence-electron chi connectivity index (χ4n) is 1.95. The molecule has 10 heteroatoms. The van der Waals surface area contributed by atoms with E-state index < -0.39 is 15.4 Å². The summed E-state index contributed by atoms with van der Waals surface area (Å²) in [5, 5.41) is 32.9. The van der Waals surface area contributed by atoms with Gasteiger partial charge in [0, 0.05) is 25.7 Å². The molecule has 0 N–H and O–H groups in total. The van der Waals surface area contributed by atoms with Crippen molar-refractivity contribution < 1.29 is 8.22 Å². The number of hydrogen-bond acceptors (Lipinski definition) is 4. The SMILES string of the molecule is N#CCCC[Si](Cl)(Cl)CCCC#N.N#CCCC[Si](F)(F)CCCC#N. The minimum absolute atomic E-state index is 0.105. The molecule has 0 bridgehead atoms. The molecular weight excluding hydrogens is 413 g/mol. The molecule has 0 aliphatic rings. The lowest BCUT2D eigenvalue weighted by Crippen LogP contribution is -2.21. The Labute approximate surface area is 166 Å². The van der Waals surface area contributed by atoms with Crippen molar-refractivity contribution in [1.82, 2.24) is 0 Å². The molecule has 0 aromatic carbocycles. The third-order valence-corrected chi connectivity index (χ3v) is 9.93. The van der Waals surface area contributed by atoms with Crippen LogP contribution in [0.15, 0.2) is 0 Å². The van der Waals surface area contributed by atoms with Crippen molar-refractivity contribution in [2.45, 2.75) is 75.5 Å². The minimum atomic E-state index is -4.08. The summed E-state index contributed by atoms with van der Waals surface area (Å²) in [7, 11) is -4.08. The van der Waals surface area contributed by atoms with Gasteiger partial charge in [-0.2, -0.15) is 21.0 Å². The molecule has 0 unspecified atom stereocenters. The number of halogens is 4. The zero-order valence-corrected chi connectivity index (χ0v) is 18.3. The maximum atomic E-state index is 13.0. The van der Waals surface area contributed by atoms with E-state index in [1.807, 2.05) is 12.1 Å². The lowest BCUT2D eigenvalue weighted by atomic mass is 10.4. The maximum Gasteiger partial charge on any atom is 0.425 e. The Morgan fingerprint density at radius 2 is 0.846 bits per heavy atom. The quantitative estimate of drug-likeness (QED) is 0.198. The van der Waals surface area contributed by atoms with Gasteiger partial charge in [-0.15, -0.1) is 22.2 Å². The molecule has 0 aliphatic heterocycles. The molecule has 0 spiro atoms. The van der Waals surface area contributed by atoms with Crippen molar-refractivity contribution >= 4 is 37.6 Å². The molecule has 0 radical (unpaired) electrons. The van der Waals surface area contributed by atoms with Crippen molar-refractivity contribution in [3.63, 3.8) is 0 Å². The highest BCUT2D eigenvalue weighted by atomic mass is 35.7. The monoisotopic (exact) mass is 436 g/mol. The first-order chi connectivity index (χ1) is 12.2. The van der Waals surface area contributed by atoms with Crippen molar-refractivity contribution in [3.05, 3.63) is 0 Å². The molecule has 0 saturated heterocycles. The van der Waals surface area contributed by atoms with Gasteiger partial charge in [0.05, 0.1) is 24.3 Å². The number of rotatable bonds is 12. The molecule has 0 rings (SSSR count). The summed E-state index contributed by atoms with van der Waals surface area (Å²) < 4.78 is 26.0. The van der Waals surface area contributed by atoms with E-state index in [4.69, 9.17) is 43.2 Å². The Balaban J connectivity index is 0. The fourth-order valence-corrected chi connectivity index (χ4v) is 6.83. The second-order valence-corrected chi connectivity index (χ2v) is 16.1. The molecule has 0 amide bonds. The highest BCUT2D eigenvalue weighted by Crippen LogP contribution is 2.29. The van der Waals surface area contributed by atoms with Gasteiger partial charge in [0.25, 0.3) is 6.69 Å². The van der Waals surface area contributed by atoms with Gasteiger partial charge in [-0.1, -0.05) is 0 Å². The summed E-state index contributed by atoms with van der Waals surface area (Å²) in [6, 6.07) is 9.12. The zero-order valence-electron chi connectivity index (χ0n) is 14.8. The van der Waals surface area contributed by atoms with Crippen LogP contribution in [0, 0.1) is 45.3 Å². The van der Waals surface area contributed by atoms with E-state index in [0.29, 0.717) is 25.7 Å². The van der Waals surface area contributed by atoms with Gasteiger partial charge in [0.1, 0.15) is 0 Å². The van der Waals surface area contributed by atoms with E-state index in [1.165, 1.54) is 0 Å². The van der Waals surface area contributed by atoms with E-state index in [9.17, 15) is 8.22 Å². The van der Waals surface area contributed by atoms with Crippen LogP contribution in [0.25, 0.3) is 0 Å². The highest BCUT2D eigenvalue weighted by molar-refractivity contribution is 7.45. The molecular formula is C16H24Cl2F2N4Si2. The Kier molecular flexibility index (Phi) is 18.0. The largest absolute Gasteiger partial charge is 0.425 e. The van der Waals surface area contributed by atoms with Crippen LogP contribution in [0.1, 0.15) is 51.4 Å². The van der Waals surface area contributed by atoms with Gasteiger partial charge in [0.15, 0.2) is 0 Å². The van der Waals surface area contributed by atoms with Crippen LogP contribution in [-0.4, -0.2) is 15.4 Å². The first kappa shape index (κ1) is 27.1. The van der Waals surface area contributed by atoms with Crippen LogP contribution >= 0.6 is 22.2 Å². The van der Waals surface area contributed by atoms with Crippen LogP contribution in [0.3, 0.4) is 0 Å². The Hall–Kier alpha value is -1.17. The Bertz CT molecular complexity index is 442. The highest BCUT2D eigenvalue weighted by Gasteiger charge is 2.33. The number of nitriles is 4. The molecule has 0 fully saturated rings. The smallest absolute Gasteiger partial charge is 0.270 e. The van der Waals surface area contributed by atoms with E-state index in [1.54, 1.807) is 0 Å². The van der Waals surface area contributed by atoms with Crippen LogP contribution in [0.5, 0.6) is 0 Å².